The molecule has 138 valence electrons. The largest absolute Gasteiger partial charge is 0.497 e. The van der Waals surface area contributed by atoms with Crippen LogP contribution in [0.25, 0.3) is 10.8 Å². The van der Waals surface area contributed by atoms with Gasteiger partial charge in [0, 0.05) is 28.6 Å². The van der Waals surface area contributed by atoms with Gasteiger partial charge in [-0.15, -0.1) is 0 Å². The van der Waals surface area contributed by atoms with Crippen molar-refractivity contribution in [3.8, 4) is 5.75 Å². The molecule has 1 N–H and O–H groups in total. The Morgan fingerprint density at radius 2 is 1.78 bits per heavy atom. The summed E-state index contributed by atoms with van der Waals surface area (Å²) in [4.78, 5) is 14.4. The number of nitrogens with zero attached hydrogens (tertiary/aromatic N) is 1. The molecule has 0 bridgehead atoms. The molecule has 0 saturated heterocycles. The van der Waals surface area contributed by atoms with Gasteiger partial charge in [-0.3, -0.25) is 9.52 Å². The predicted molar refractivity (Wildman–Crippen MR) is 105 cm³/mol. The molecule has 6 nitrogen and oxygen atoms in total. The van der Waals surface area contributed by atoms with Crippen molar-refractivity contribution in [1.29, 1.82) is 0 Å². The van der Waals surface area contributed by atoms with Crippen molar-refractivity contribution in [2.45, 2.75) is 11.8 Å². The van der Waals surface area contributed by atoms with Crippen LogP contribution in [0.2, 0.25) is 0 Å². The number of carbonyl (C=O) groups excluding carboxylic acids is 1. The summed E-state index contributed by atoms with van der Waals surface area (Å²) in [7, 11) is -2.28. The van der Waals surface area contributed by atoms with Crippen LogP contribution in [0.1, 0.15) is 17.3 Å². The lowest BCUT2D eigenvalue weighted by atomic mass is 10.1. The molecule has 0 spiro atoms. The first-order valence-electron chi connectivity index (χ1n) is 8.50. The first kappa shape index (κ1) is 17.4. The molecule has 4 rings (SSSR count). The monoisotopic (exact) mass is 382 g/mol. The highest BCUT2D eigenvalue weighted by Crippen LogP contribution is 2.40. The summed E-state index contributed by atoms with van der Waals surface area (Å²) in [5, 5.41) is 1.22. The molecule has 0 fully saturated rings. The van der Waals surface area contributed by atoms with Crippen LogP contribution >= 0.6 is 0 Å². The van der Waals surface area contributed by atoms with Crippen LogP contribution in [0, 0.1) is 0 Å². The lowest BCUT2D eigenvalue weighted by Gasteiger charge is -2.16. The number of carbonyl (C=O) groups is 1. The van der Waals surface area contributed by atoms with Gasteiger partial charge in [0.05, 0.1) is 17.7 Å². The van der Waals surface area contributed by atoms with Crippen LogP contribution in [0.15, 0.2) is 59.5 Å². The minimum Gasteiger partial charge on any atom is -0.497 e. The third kappa shape index (κ3) is 2.71. The second-order valence-corrected chi connectivity index (χ2v) is 7.85. The van der Waals surface area contributed by atoms with E-state index in [-0.39, 0.29) is 10.8 Å². The molecule has 7 heteroatoms. The van der Waals surface area contributed by atoms with Gasteiger partial charge in [0.15, 0.2) is 0 Å². The molecule has 3 aromatic rings. The number of sulfonamides is 1. The summed E-state index contributed by atoms with van der Waals surface area (Å²) in [6.07, 6.45) is 0. The molecule has 0 unspecified atom stereocenters. The van der Waals surface area contributed by atoms with Gasteiger partial charge in [-0.1, -0.05) is 12.1 Å². The van der Waals surface area contributed by atoms with Crippen molar-refractivity contribution in [2.75, 3.05) is 23.3 Å². The van der Waals surface area contributed by atoms with Crippen LogP contribution < -0.4 is 14.4 Å². The zero-order valence-electron chi connectivity index (χ0n) is 14.9. The molecule has 1 heterocycles. The molecule has 1 aliphatic rings. The van der Waals surface area contributed by atoms with Gasteiger partial charge in [0.1, 0.15) is 5.75 Å². The second kappa shape index (κ2) is 6.28. The van der Waals surface area contributed by atoms with Crippen molar-refractivity contribution >= 4 is 38.1 Å². The highest BCUT2D eigenvalue weighted by molar-refractivity contribution is 7.93. The van der Waals surface area contributed by atoms with Crippen LogP contribution in [-0.4, -0.2) is 28.0 Å². The van der Waals surface area contributed by atoms with Gasteiger partial charge in [-0.05, 0) is 49.4 Å². The Kier molecular flexibility index (Phi) is 4.04. The fraction of sp³-hybridized carbons (Fsp3) is 0.150. The van der Waals surface area contributed by atoms with Gasteiger partial charge < -0.3 is 9.64 Å². The number of ether oxygens (including phenoxy) is 1. The molecule has 3 aromatic carbocycles. The molecular weight excluding hydrogens is 364 g/mol. The van der Waals surface area contributed by atoms with E-state index in [0.717, 1.165) is 5.69 Å². The minimum absolute atomic E-state index is 0.101. The number of hydrogen-bond donors (Lipinski definition) is 1. The summed E-state index contributed by atoms with van der Waals surface area (Å²) < 4.78 is 33.7. The summed E-state index contributed by atoms with van der Waals surface area (Å²) in [6, 6.07) is 15.1. The average Bonchev–Trinajstić information content (AvgIpc) is 2.95. The normalized spacial score (nSPS) is 13.3. The topological polar surface area (TPSA) is 75.7 Å². The fourth-order valence-electron chi connectivity index (χ4n) is 3.44. The first-order valence-corrected chi connectivity index (χ1v) is 9.99. The molecule has 0 atom stereocenters. The van der Waals surface area contributed by atoms with E-state index in [2.05, 4.69) is 4.72 Å². The van der Waals surface area contributed by atoms with Crippen LogP contribution in [0.5, 0.6) is 5.75 Å². The number of amides is 1. The van der Waals surface area contributed by atoms with E-state index >= 15 is 0 Å². The van der Waals surface area contributed by atoms with Crippen LogP contribution in [-0.2, 0) is 10.0 Å². The number of nitrogens with one attached hydrogen (secondary N) is 1. The Bertz CT molecular complexity index is 1150. The smallest absolute Gasteiger partial charge is 0.262 e. The first-order chi connectivity index (χ1) is 13.0. The Balaban J connectivity index is 1.82. The van der Waals surface area contributed by atoms with E-state index in [0.29, 0.717) is 34.3 Å². The van der Waals surface area contributed by atoms with E-state index in [1.807, 2.05) is 6.92 Å². The Morgan fingerprint density at radius 1 is 1.04 bits per heavy atom. The summed E-state index contributed by atoms with van der Waals surface area (Å²) in [5.74, 6) is 0.539. The Labute approximate surface area is 157 Å². The molecule has 27 heavy (non-hydrogen) atoms. The van der Waals surface area contributed by atoms with Gasteiger partial charge in [0.25, 0.3) is 15.9 Å². The maximum atomic E-state index is 13.0. The standard InChI is InChI=1S/C20H18N2O4S/c1-3-22-17-11-12-18(15-5-4-6-16(19(15)17)20(22)23)27(24,25)21-13-7-9-14(26-2)10-8-13/h4-12,21H,3H2,1-2H3. The quantitative estimate of drug-likeness (QED) is 0.731. The molecule has 0 aromatic heterocycles. The molecule has 1 amide bonds. The lowest BCUT2D eigenvalue weighted by Crippen LogP contribution is -2.25. The Morgan fingerprint density at radius 3 is 2.44 bits per heavy atom. The van der Waals surface area contributed by atoms with Crippen molar-refractivity contribution in [3.05, 3.63) is 60.2 Å². The van der Waals surface area contributed by atoms with E-state index in [9.17, 15) is 13.2 Å². The summed E-state index contributed by atoms with van der Waals surface area (Å²) >= 11 is 0. The molecule has 0 saturated carbocycles. The zero-order valence-corrected chi connectivity index (χ0v) is 15.7. The number of hydrogen-bond acceptors (Lipinski definition) is 4. The summed E-state index contributed by atoms with van der Waals surface area (Å²) in [6.45, 7) is 2.42. The predicted octanol–water partition coefficient (Wildman–Crippen LogP) is 3.63. The SMILES string of the molecule is CCN1C(=O)c2cccc3c(S(=O)(=O)Nc4ccc(OC)cc4)ccc1c23. The van der Waals surface area contributed by atoms with Crippen LogP contribution in [0.3, 0.4) is 0 Å². The van der Waals surface area contributed by atoms with E-state index in [1.165, 1.54) is 0 Å². The molecule has 0 radical (unpaired) electrons. The Hall–Kier alpha value is -3.06. The molecule has 0 aliphatic carbocycles. The van der Waals surface area contributed by atoms with E-state index < -0.39 is 10.0 Å². The van der Waals surface area contributed by atoms with Gasteiger partial charge in [-0.2, -0.15) is 0 Å². The fourth-order valence-corrected chi connectivity index (χ4v) is 4.70. The number of benzene rings is 3. The van der Waals surface area contributed by atoms with Crippen LogP contribution in [0.4, 0.5) is 11.4 Å². The number of methoxy groups -OCH3 is 1. The number of anilines is 2. The second-order valence-electron chi connectivity index (χ2n) is 6.19. The number of rotatable bonds is 5. The van der Waals surface area contributed by atoms with Crippen molar-refractivity contribution < 1.29 is 17.9 Å². The van der Waals surface area contributed by atoms with Gasteiger partial charge in [-0.25, -0.2) is 8.42 Å². The van der Waals surface area contributed by atoms with Crippen molar-refractivity contribution in [1.82, 2.24) is 0 Å². The lowest BCUT2D eigenvalue weighted by molar-refractivity contribution is 0.0994. The highest BCUT2D eigenvalue weighted by atomic mass is 32.2. The summed E-state index contributed by atoms with van der Waals surface area (Å²) in [5.41, 5.74) is 1.72. The average molecular weight is 382 g/mol. The van der Waals surface area contributed by atoms with E-state index in [4.69, 9.17) is 4.74 Å². The maximum absolute atomic E-state index is 13.0. The zero-order chi connectivity index (χ0) is 19.2. The molecule has 1 aliphatic heterocycles. The maximum Gasteiger partial charge on any atom is 0.262 e. The third-order valence-electron chi connectivity index (χ3n) is 4.69. The minimum atomic E-state index is -3.83. The van der Waals surface area contributed by atoms with Gasteiger partial charge >= 0.3 is 0 Å². The van der Waals surface area contributed by atoms with Crippen molar-refractivity contribution in [2.24, 2.45) is 0 Å². The van der Waals surface area contributed by atoms with Crippen molar-refractivity contribution in [3.63, 3.8) is 0 Å². The third-order valence-corrected chi connectivity index (χ3v) is 6.13. The van der Waals surface area contributed by atoms with E-state index in [1.54, 1.807) is 66.6 Å². The highest BCUT2D eigenvalue weighted by Gasteiger charge is 2.31. The van der Waals surface area contributed by atoms with Gasteiger partial charge in [0.2, 0.25) is 0 Å². The molecular formula is C20H18N2O4S.